The van der Waals surface area contributed by atoms with Crippen LogP contribution < -0.4 is 11.3 Å². The van der Waals surface area contributed by atoms with E-state index in [-0.39, 0.29) is 47.6 Å². The predicted molar refractivity (Wildman–Crippen MR) is 95.9 cm³/mol. The summed E-state index contributed by atoms with van der Waals surface area (Å²) in [5, 5.41) is 9.61. The quantitative estimate of drug-likeness (QED) is 0.168. The number of unbranched alkanes of at least 4 members (excludes halogenated alkanes) is 1. The van der Waals surface area contributed by atoms with Crippen LogP contribution in [0, 0.1) is 0 Å². The molecule has 0 spiro atoms. The topological polar surface area (TPSA) is 156 Å². The number of carboxylic acids is 1. The van der Waals surface area contributed by atoms with Crippen LogP contribution in [0.2, 0.25) is 0 Å². The van der Waals surface area contributed by atoms with E-state index in [0.717, 1.165) is 32.3 Å². The van der Waals surface area contributed by atoms with E-state index in [4.69, 9.17) is 0 Å². The van der Waals surface area contributed by atoms with Gasteiger partial charge in [0.15, 0.2) is 0 Å². The van der Waals surface area contributed by atoms with Gasteiger partial charge in [0.05, 0.1) is 25.9 Å². The van der Waals surface area contributed by atoms with E-state index < -0.39 is 11.9 Å². The second kappa shape index (κ2) is 27.9. The zero-order valence-corrected chi connectivity index (χ0v) is 18.1. The molecule has 0 rings (SSSR count). The molecule has 0 unspecified atom stereocenters. The summed E-state index contributed by atoms with van der Waals surface area (Å²) in [4.78, 5) is 39.8. The number of carbonyl (C=O) groups is 4. The van der Waals surface area contributed by atoms with Crippen molar-refractivity contribution in [3.8, 4) is 0 Å². The maximum absolute atomic E-state index is 10.3. The normalized spacial score (nSPS) is 7.81. The van der Waals surface area contributed by atoms with Gasteiger partial charge in [0, 0.05) is 48.6 Å². The molecule has 0 aromatic carbocycles. The summed E-state index contributed by atoms with van der Waals surface area (Å²) in [5.41, 5.74) is 0. The van der Waals surface area contributed by atoms with Gasteiger partial charge in [-0.1, -0.05) is 26.5 Å². The Labute approximate surface area is 175 Å². The molecule has 0 aliphatic carbocycles. The molecule has 0 aliphatic heterocycles. The summed E-state index contributed by atoms with van der Waals surface area (Å²) in [5.74, 6) is -2.78. The number of rotatable bonds is 7. The van der Waals surface area contributed by atoms with Crippen LogP contribution in [0.3, 0.4) is 0 Å². The standard InChI is InChI=1S/C7H12O2.C5H6O4.C4H6O2.H3N.Na/c1-3-5-6-9-7(8)4-2;1-9-5(8)3-2-4(6)7;1-3-6-4(2)5;;/h4H,2-3,5-6H2,1H3;2-3H,1H3,(H,6,7);3H,1H2,2H3;1H3;/b;3-2-;;;. The minimum absolute atomic E-state index is 0. The maximum Gasteiger partial charge on any atom is 0.330 e. The van der Waals surface area contributed by atoms with Gasteiger partial charge in [-0.15, -0.1) is 0 Å². The first-order valence-electron chi connectivity index (χ1n) is 6.79. The Kier molecular flexibility index (Phi) is 37.8. The summed E-state index contributed by atoms with van der Waals surface area (Å²) in [7, 11) is 1.15. The fourth-order valence-electron chi connectivity index (χ4n) is 0.698. The van der Waals surface area contributed by atoms with E-state index in [2.05, 4.69) is 27.4 Å². The van der Waals surface area contributed by atoms with Crippen LogP contribution in [-0.2, 0) is 33.4 Å². The number of carbonyl (C=O) groups excluding carboxylic acids is 4. The van der Waals surface area contributed by atoms with Gasteiger partial charge in [0.25, 0.3) is 0 Å². The first-order valence-corrected chi connectivity index (χ1v) is 6.79. The number of quaternary nitrogens is 1. The minimum Gasteiger partial charge on any atom is -0.545 e. The number of methoxy groups -OCH3 is 1. The van der Waals surface area contributed by atoms with Crippen molar-refractivity contribution < 1.29 is 38.5 Å². The summed E-state index contributed by atoms with van der Waals surface area (Å²) in [6.45, 7) is 10.3. The molecule has 26 heavy (non-hydrogen) atoms. The molecular weight excluding hydrogens is 357 g/mol. The summed E-state index contributed by atoms with van der Waals surface area (Å²) < 4.78 is 12.9. The Bertz CT molecular complexity index is 450. The van der Waals surface area contributed by atoms with Gasteiger partial charge in [-0.05, 0) is 12.5 Å². The summed E-state index contributed by atoms with van der Waals surface area (Å²) in [6, 6.07) is 0. The van der Waals surface area contributed by atoms with E-state index in [0.29, 0.717) is 12.7 Å². The van der Waals surface area contributed by atoms with Crippen LogP contribution in [0.25, 0.3) is 0 Å². The maximum atomic E-state index is 10.3. The van der Waals surface area contributed by atoms with Crippen molar-refractivity contribution in [2.45, 2.75) is 26.7 Å². The Balaban J connectivity index is -0.0000000834. The smallest absolute Gasteiger partial charge is 0.330 e. The minimum atomic E-state index is -1.42. The third-order valence-corrected chi connectivity index (χ3v) is 1.71. The van der Waals surface area contributed by atoms with Crippen molar-refractivity contribution in [3.63, 3.8) is 0 Å². The SMILES string of the molecule is C=CC(=O)OCCCC.C=COC(C)=O.COC(=O)/C=C\C(=O)[O-].[NH4+].[Na]. The van der Waals surface area contributed by atoms with Gasteiger partial charge in [0.1, 0.15) is 0 Å². The van der Waals surface area contributed by atoms with E-state index >= 15 is 0 Å². The number of aliphatic carboxylic acids is 1. The van der Waals surface area contributed by atoms with E-state index in [1.807, 2.05) is 6.92 Å². The molecule has 0 aromatic rings. The second-order valence-electron chi connectivity index (χ2n) is 3.68. The molecule has 9 nitrogen and oxygen atoms in total. The number of ether oxygens (including phenoxy) is 3. The Morgan fingerprint density at radius 2 is 1.62 bits per heavy atom. The van der Waals surface area contributed by atoms with Crippen LogP contribution in [0.5, 0.6) is 0 Å². The summed E-state index contributed by atoms with van der Waals surface area (Å²) in [6.07, 6.45) is 5.63. The van der Waals surface area contributed by atoms with Gasteiger partial charge in [0.2, 0.25) is 0 Å². The Hall–Kier alpha value is -1.94. The van der Waals surface area contributed by atoms with E-state index in [1.54, 1.807) is 0 Å². The van der Waals surface area contributed by atoms with Crippen molar-refractivity contribution >= 4 is 53.4 Å². The fourth-order valence-corrected chi connectivity index (χ4v) is 0.698. The first kappa shape index (κ1) is 35.2. The molecule has 0 bridgehead atoms. The summed E-state index contributed by atoms with van der Waals surface area (Å²) >= 11 is 0. The number of esters is 3. The molecule has 0 fully saturated rings. The fraction of sp³-hybridized carbons (Fsp3) is 0.375. The Morgan fingerprint density at radius 3 is 1.88 bits per heavy atom. The molecule has 4 N–H and O–H groups in total. The largest absolute Gasteiger partial charge is 0.545 e. The zero-order valence-electron chi connectivity index (χ0n) is 16.1. The molecule has 10 heteroatoms. The van der Waals surface area contributed by atoms with Crippen LogP contribution >= 0.6 is 0 Å². The molecule has 1 radical (unpaired) electrons. The predicted octanol–water partition coefficient (Wildman–Crippen LogP) is 0.670. The van der Waals surface area contributed by atoms with Gasteiger partial charge in [-0.2, -0.15) is 0 Å². The van der Waals surface area contributed by atoms with Crippen LogP contribution in [0.15, 0.2) is 37.6 Å². The molecule has 0 aliphatic rings. The molecule has 0 saturated heterocycles. The average molecular weight is 384 g/mol. The third-order valence-electron chi connectivity index (χ3n) is 1.71. The molecular formula is C16H27NNaO8. The molecule has 0 amide bonds. The first-order chi connectivity index (χ1) is 11.2. The second-order valence-corrected chi connectivity index (χ2v) is 3.68. The molecule has 0 heterocycles. The average Bonchev–Trinajstić information content (AvgIpc) is 2.53. The monoisotopic (exact) mass is 384 g/mol. The van der Waals surface area contributed by atoms with Gasteiger partial charge in [-0.25, -0.2) is 9.59 Å². The van der Waals surface area contributed by atoms with Crippen LogP contribution in [0.1, 0.15) is 26.7 Å². The van der Waals surface area contributed by atoms with Crippen molar-refractivity contribution in [2.24, 2.45) is 0 Å². The number of carboxylic acid groups (broad SMARTS) is 1. The zero-order chi connectivity index (χ0) is 19.4. The van der Waals surface area contributed by atoms with E-state index in [1.165, 1.54) is 13.0 Å². The van der Waals surface area contributed by atoms with Gasteiger partial charge in [-0.3, -0.25) is 4.79 Å². The van der Waals surface area contributed by atoms with Crippen molar-refractivity contribution in [1.29, 1.82) is 0 Å². The van der Waals surface area contributed by atoms with Crippen LogP contribution in [0.4, 0.5) is 0 Å². The number of hydrogen-bond donors (Lipinski definition) is 1. The van der Waals surface area contributed by atoms with Crippen molar-refractivity contribution in [3.05, 3.63) is 37.6 Å². The Morgan fingerprint density at radius 1 is 1.08 bits per heavy atom. The third kappa shape index (κ3) is 43.1. The molecule has 145 valence electrons. The number of hydrogen-bond acceptors (Lipinski definition) is 8. The van der Waals surface area contributed by atoms with E-state index in [9.17, 15) is 24.3 Å². The van der Waals surface area contributed by atoms with Crippen molar-refractivity contribution in [1.82, 2.24) is 6.15 Å². The molecule has 0 aromatic heterocycles. The molecule has 0 saturated carbocycles. The van der Waals surface area contributed by atoms with Gasteiger partial charge >= 0.3 is 17.9 Å². The van der Waals surface area contributed by atoms with Crippen molar-refractivity contribution in [2.75, 3.05) is 13.7 Å². The van der Waals surface area contributed by atoms with Crippen LogP contribution in [-0.4, -0.2) is 67.2 Å². The van der Waals surface area contributed by atoms with Gasteiger partial charge < -0.3 is 30.3 Å². The molecule has 0 atom stereocenters.